The van der Waals surface area contributed by atoms with Crippen LogP contribution in [0.4, 0.5) is 5.69 Å². The van der Waals surface area contributed by atoms with Crippen molar-refractivity contribution in [1.29, 1.82) is 0 Å². The maximum Gasteiger partial charge on any atom is 0.227 e. The number of anilines is 1. The standard InChI is InChI=1S/C29H31N3O3/c1-21-12-14-24(15-13-21)35-17-6-5-16-31-27-11-4-3-10-26(27)30-29(31)22-18-28(33)32(20-22)23-8-7-9-25(19-23)34-2/h3-4,7-15,19,22H,5-6,16-18,20H2,1-2H3/t22-/m1/s1. The summed E-state index contributed by atoms with van der Waals surface area (Å²) in [5.41, 5.74) is 4.19. The summed E-state index contributed by atoms with van der Waals surface area (Å²) in [6.45, 7) is 4.21. The summed E-state index contributed by atoms with van der Waals surface area (Å²) >= 11 is 0. The van der Waals surface area contributed by atoms with Crippen LogP contribution in [0, 0.1) is 6.92 Å². The number of methoxy groups -OCH3 is 1. The first-order valence-corrected chi connectivity index (χ1v) is 12.2. The van der Waals surface area contributed by atoms with Crippen molar-refractivity contribution in [2.24, 2.45) is 0 Å². The molecule has 3 aromatic carbocycles. The Kier molecular flexibility index (Phi) is 6.70. The molecule has 5 rings (SSSR count). The van der Waals surface area contributed by atoms with E-state index in [0.717, 1.165) is 53.4 Å². The van der Waals surface area contributed by atoms with Crippen LogP contribution in [0.5, 0.6) is 11.5 Å². The van der Waals surface area contributed by atoms with Crippen LogP contribution in [0.2, 0.25) is 0 Å². The third kappa shape index (κ3) is 5.02. The number of amides is 1. The number of imidazole rings is 1. The Morgan fingerprint density at radius 3 is 2.63 bits per heavy atom. The summed E-state index contributed by atoms with van der Waals surface area (Å²) < 4.78 is 13.6. The first-order chi connectivity index (χ1) is 17.1. The lowest BCUT2D eigenvalue weighted by molar-refractivity contribution is -0.117. The fraction of sp³-hybridized carbons (Fsp3) is 0.310. The molecular formula is C29H31N3O3. The Balaban J connectivity index is 1.29. The van der Waals surface area contributed by atoms with Crippen molar-refractivity contribution in [3.05, 3.63) is 84.2 Å². The molecule has 6 heteroatoms. The molecule has 0 radical (unpaired) electrons. The molecule has 0 saturated carbocycles. The first kappa shape index (κ1) is 23.0. The van der Waals surface area contributed by atoms with Gasteiger partial charge in [0.25, 0.3) is 0 Å². The molecule has 1 amide bonds. The zero-order chi connectivity index (χ0) is 24.2. The lowest BCUT2D eigenvalue weighted by Gasteiger charge is -2.18. The molecule has 0 unspecified atom stereocenters. The zero-order valence-corrected chi connectivity index (χ0v) is 20.3. The van der Waals surface area contributed by atoms with Gasteiger partial charge in [0.05, 0.1) is 24.8 Å². The number of hydrogen-bond donors (Lipinski definition) is 0. The lowest BCUT2D eigenvalue weighted by atomic mass is 10.1. The molecule has 6 nitrogen and oxygen atoms in total. The monoisotopic (exact) mass is 469 g/mol. The highest BCUT2D eigenvalue weighted by molar-refractivity contribution is 5.96. The number of carbonyl (C=O) groups is 1. The minimum absolute atomic E-state index is 0.0462. The second kappa shape index (κ2) is 10.2. The number of fused-ring (bicyclic) bond motifs is 1. The van der Waals surface area contributed by atoms with Crippen molar-refractivity contribution in [2.45, 2.75) is 38.6 Å². The average molecular weight is 470 g/mol. The molecule has 0 spiro atoms. The number of para-hydroxylation sites is 2. The molecule has 1 aromatic heterocycles. The van der Waals surface area contributed by atoms with Gasteiger partial charge in [-0.05, 0) is 56.2 Å². The third-order valence-corrected chi connectivity index (χ3v) is 6.61. The molecule has 1 atom stereocenters. The van der Waals surface area contributed by atoms with Gasteiger partial charge < -0.3 is 18.9 Å². The Morgan fingerprint density at radius 1 is 0.971 bits per heavy atom. The second-order valence-electron chi connectivity index (χ2n) is 9.09. The maximum atomic E-state index is 13.0. The van der Waals surface area contributed by atoms with Crippen LogP contribution >= 0.6 is 0 Å². The van der Waals surface area contributed by atoms with E-state index in [1.54, 1.807) is 7.11 Å². The van der Waals surface area contributed by atoms with Gasteiger partial charge in [0.1, 0.15) is 17.3 Å². The number of benzene rings is 3. The second-order valence-corrected chi connectivity index (χ2v) is 9.09. The van der Waals surface area contributed by atoms with Crippen molar-refractivity contribution in [3.63, 3.8) is 0 Å². The number of nitrogens with zero attached hydrogens (tertiary/aromatic N) is 3. The number of carbonyl (C=O) groups excluding carboxylic acids is 1. The summed E-state index contributed by atoms with van der Waals surface area (Å²) in [5.74, 6) is 2.81. The Morgan fingerprint density at radius 2 is 1.80 bits per heavy atom. The lowest BCUT2D eigenvalue weighted by Crippen LogP contribution is -2.24. The normalized spacial score (nSPS) is 15.7. The molecule has 0 N–H and O–H groups in total. The molecule has 1 fully saturated rings. The van der Waals surface area contributed by atoms with Crippen LogP contribution in [0.3, 0.4) is 0 Å². The first-order valence-electron chi connectivity index (χ1n) is 12.2. The largest absolute Gasteiger partial charge is 0.497 e. The summed E-state index contributed by atoms with van der Waals surface area (Å²) in [4.78, 5) is 19.8. The quantitative estimate of drug-likeness (QED) is 0.294. The van der Waals surface area contributed by atoms with E-state index in [4.69, 9.17) is 14.5 Å². The summed E-state index contributed by atoms with van der Waals surface area (Å²) in [6.07, 6.45) is 2.37. The van der Waals surface area contributed by atoms with Gasteiger partial charge in [0.2, 0.25) is 5.91 Å². The van der Waals surface area contributed by atoms with E-state index < -0.39 is 0 Å². The number of ether oxygens (including phenoxy) is 2. The Bertz CT molecular complexity index is 1310. The molecule has 1 saturated heterocycles. The summed E-state index contributed by atoms with van der Waals surface area (Å²) in [6, 6.07) is 24.1. The molecule has 2 heterocycles. The van der Waals surface area contributed by atoms with E-state index in [1.807, 2.05) is 59.5 Å². The molecule has 1 aliphatic heterocycles. The molecule has 0 aliphatic carbocycles. The van der Waals surface area contributed by atoms with Gasteiger partial charge in [-0.15, -0.1) is 0 Å². The minimum atomic E-state index is 0.0462. The maximum absolute atomic E-state index is 13.0. The van der Waals surface area contributed by atoms with Gasteiger partial charge in [-0.2, -0.15) is 0 Å². The van der Waals surface area contributed by atoms with E-state index in [2.05, 4.69) is 29.7 Å². The van der Waals surface area contributed by atoms with E-state index >= 15 is 0 Å². The van der Waals surface area contributed by atoms with Gasteiger partial charge in [-0.1, -0.05) is 35.9 Å². The zero-order valence-electron chi connectivity index (χ0n) is 20.3. The fourth-order valence-corrected chi connectivity index (χ4v) is 4.75. The Hall–Kier alpha value is -3.80. The van der Waals surface area contributed by atoms with E-state index in [9.17, 15) is 4.79 Å². The molecule has 4 aromatic rings. The van der Waals surface area contributed by atoms with Crippen LogP contribution < -0.4 is 14.4 Å². The SMILES string of the molecule is COc1cccc(N2C[C@H](c3nc4ccccc4n3CCCCOc3ccc(C)cc3)CC2=O)c1. The van der Waals surface area contributed by atoms with E-state index in [-0.39, 0.29) is 11.8 Å². The van der Waals surface area contributed by atoms with Crippen molar-refractivity contribution in [3.8, 4) is 11.5 Å². The number of aryl methyl sites for hydroxylation is 2. The number of hydrogen-bond acceptors (Lipinski definition) is 4. The predicted octanol–water partition coefficient (Wildman–Crippen LogP) is 5.73. The van der Waals surface area contributed by atoms with Crippen LogP contribution in [0.25, 0.3) is 11.0 Å². The summed E-state index contributed by atoms with van der Waals surface area (Å²) in [5, 5.41) is 0. The molecule has 0 bridgehead atoms. The van der Waals surface area contributed by atoms with Crippen LogP contribution in [0.1, 0.15) is 36.6 Å². The van der Waals surface area contributed by atoms with Crippen molar-refractivity contribution < 1.29 is 14.3 Å². The van der Waals surface area contributed by atoms with E-state index in [0.29, 0.717) is 19.6 Å². The minimum Gasteiger partial charge on any atom is -0.497 e. The van der Waals surface area contributed by atoms with Crippen LogP contribution in [-0.2, 0) is 11.3 Å². The highest BCUT2D eigenvalue weighted by Gasteiger charge is 2.34. The average Bonchev–Trinajstić information content (AvgIpc) is 3.45. The van der Waals surface area contributed by atoms with Crippen LogP contribution in [0.15, 0.2) is 72.8 Å². The predicted molar refractivity (Wildman–Crippen MR) is 138 cm³/mol. The van der Waals surface area contributed by atoms with Crippen molar-refractivity contribution >= 4 is 22.6 Å². The molecule has 1 aliphatic rings. The molecule has 180 valence electrons. The van der Waals surface area contributed by atoms with Crippen LogP contribution in [-0.4, -0.2) is 35.7 Å². The van der Waals surface area contributed by atoms with Gasteiger partial charge in [0, 0.05) is 37.2 Å². The number of rotatable bonds is 9. The van der Waals surface area contributed by atoms with Gasteiger partial charge in [-0.3, -0.25) is 4.79 Å². The number of unbranched alkanes of at least 4 members (excludes halogenated alkanes) is 1. The topological polar surface area (TPSA) is 56.6 Å². The van der Waals surface area contributed by atoms with Gasteiger partial charge in [-0.25, -0.2) is 4.98 Å². The smallest absolute Gasteiger partial charge is 0.227 e. The fourth-order valence-electron chi connectivity index (χ4n) is 4.75. The highest BCUT2D eigenvalue weighted by atomic mass is 16.5. The van der Waals surface area contributed by atoms with E-state index in [1.165, 1.54) is 5.56 Å². The van der Waals surface area contributed by atoms with Gasteiger partial charge >= 0.3 is 0 Å². The number of aromatic nitrogens is 2. The Labute approximate surface area is 206 Å². The highest BCUT2D eigenvalue weighted by Crippen LogP contribution is 2.34. The third-order valence-electron chi connectivity index (χ3n) is 6.61. The molecular weight excluding hydrogens is 438 g/mol. The van der Waals surface area contributed by atoms with Crippen molar-refractivity contribution in [2.75, 3.05) is 25.2 Å². The van der Waals surface area contributed by atoms with Crippen molar-refractivity contribution in [1.82, 2.24) is 9.55 Å². The van der Waals surface area contributed by atoms with Gasteiger partial charge in [0.15, 0.2) is 0 Å². The molecule has 35 heavy (non-hydrogen) atoms. The summed E-state index contributed by atoms with van der Waals surface area (Å²) in [7, 11) is 1.64.